The van der Waals surface area contributed by atoms with Gasteiger partial charge in [0.1, 0.15) is 12.4 Å². The first-order valence-electron chi connectivity index (χ1n) is 6.67. The molecule has 0 radical (unpaired) electrons. The van der Waals surface area contributed by atoms with E-state index < -0.39 is 0 Å². The number of phenols is 1. The molecule has 0 bridgehead atoms. The maximum atomic E-state index is 9.59. The predicted molar refractivity (Wildman–Crippen MR) is 83.3 cm³/mol. The lowest BCUT2D eigenvalue weighted by atomic mass is 10.2. The summed E-state index contributed by atoms with van der Waals surface area (Å²) < 4.78 is 15.9. The van der Waals surface area contributed by atoms with Gasteiger partial charge in [-0.3, -0.25) is 0 Å². The fourth-order valence-electron chi connectivity index (χ4n) is 1.92. The van der Waals surface area contributed by atoms with Crippen LogP contribution in [0, 0.1) is 0 Å². The average Bonchev–Trinajstić information content (AvgIpc) is 2.56. The summed E-state index contributed by atoms with van der Waals surface area (Å²) in [5.74, 6) is 1.83. The molecule has 5 nitrogen and oxygen atoms in total. The molecule has 0 saturated carbocycles. The van der Waals surface area contributed by atoms with E-state index in [2.05, 4.69) is 0 Å². The summed E-state index contributed by atoms with van der Waals surface area (Å²) in [7, 11) is 3.02. The molecule has 22 heavy (non-hydrogen) atoms. The third-order valence-electron chi connectivity index (χ3n) is 3.00. The third kappa shape index (κ3) is 3.71. The molecular weight excluding hydrogens is 284 g/mol. The minimum Gasteiger partial charge on any atom is -0.504 e. The molecule has 0 atom stereocenters. The van der Waals surface area contributed by atoms with Gasteiger partial charge in [-0.25, -0.2) is 0 Å². The lowest BCUT2D eigenvalue weighted by Gasteiger charge is -2.12. The second-order valence-corrected chi connectivity index (χ2v) is 4.45. The van der Waals surface area contributed by atoms with Gasteiger partial charge in [-0.2, -0.15) is 0 Å². The monoisotopic (exact) mass is 302 g/mol. The quantitative estimate of drug-likeness (QED) is 0.803. The minimum atomic E-state index is -0.277. The first-order valence-corrected chi connectivity index (χ1v) is 6.67. The standard InChI is InChI=1S/C17H18O5/c1-20-15-5-3-4-6-16(15)22-13(11-18)9-12-7-8-14(19)17(10-12)21-2/h3-10,18-19H,11H2,1-2H3/b13-9-. The normalized spacial score (nSPS) is 11.1. The zero-order valence-electron chi connectivity index (χ0n) is 12.4. The van der Waals surface area contributed by atoms with Crippen LogP contribution < -0.4 is 14.2 Å². The van der Waals surface area contributed by atoms with E-state index in [0.29, 0.717) is 23.0 Å². The molecule has 2 rings (SSSR count). The molecule has 0 unspecified atom stereocenters. The first kappa shape index (κ1) is 15.7. The molecule has 0 spiro atoms. The van der Waals surface area contributed by atoms with Crippen molar-refractivity contribution < 1.29 is 24.4 Å². The van der Waals surface area contributed by atoms with E-state index in [4.69, 9.17) is 14.2 Å². The Kier molecular flexibility index (Phi) is 5.27. The number of rotatable bonds is 6. The van der Waals surface area contributed by atoms with Gasteiger partial charge in [-0.1, -0.05) is 18.2 Å². The number of hydrogen-bond acceptors (Lipinski definition) is 5. The molecule has 116 valence electrons. The zero-order chi connectivity index (χ0) is 15.9. The molecule has 0 heterocycles. The van der Waals surface area contributed by atoms with Gasteiger partial charge in [0.15, 0.2) is 23.0 Å². The Morgan fingerprint density at radius 2 is 1.68 bits per heavy atom. The van der Waals surface area contributed by atoms with Crippen molar-refractivity contribution in [2.45, 2.75) is 0 Å². The Morgan fingerprint density at radius 1 is 1.00 bits per heavy atom. The van der Waals surface area contributed by atoms with Crippen LogP contribution in [0.2, 0.25) is 0 Å². The summed E-state index contributed by atoms with van der Waals surface area (Å²) in [6.45, 7) is -0.277. The largest absolute Gasteiger partial charge is 0.504 e. The van der Waals surface area contributed by atoms with Gasteiger partial charge in [-0.05, 0) is 35.9 Å². The van der Waals surface area contributed by atoms with Gasteiger partial charge in [-0.15, -0.1) is 0 Å². The summed E-state index contributed by atoms with van der Waals surface area (Å²) in [6.07, 6.45) is 1.66. The second-order valence-electron chi connectivity index (χ2n) is 4.45. The fraction of sp³-hybridized carbons (Fsp3) is 0.176. The average molecular weight is 302 g/mol. The van der Waals surface area contributed by atoms with Gasteiger partial charge < -0.3 is 24.4 Å². The van der Waals surface area contributed by atoms with Gasteiger partial charge in [0.05, 0.1) is 14.2 Å². The van der Waals surface area contributed by atoms with E-state index in [1.165, 1.54) is 13.2 Å². The van der Waals surface area contributed by atoms with Crippen LogP contribution >= 0.6 is 0 Å². The van der Waals surface area contributed by atoms with Crippen molar-refractivity contribution in [2.24, 2.45) is 0 Å². The Balaban J connectivity index is 2.27. The number of aliphatic hydroxyl groups excluding tert-OH is 1. The van der Waals surface area contributed by atoms with Crippen LogP contribution in [0.15, 0.2) is 48.2 Å². The first-order chi connectivity index (χ1) is 10.7. The van der Waals surface area contributed by atoms with Crippen LogP contribution in [-0.2, 0) is 0 Å². The van der Waals surface area contributed by atoms with E-state index in [-0.39, 0.29) is 12.4 Å². The Hall–Kier alpha value is -2.66. The predicted octanol–water partition coefficient (Wildman–Crippen LogP) is 2.82. The summed E-state index contributed by atoms with van der Waals surface area (Å²) in [6, 6.07) is 12.0. The van der Waals surface area contributed by atoms with Gasteiger partial charge in [0.2, 0.25) is 0 Å². The third-order valence-corrected chi connectivity index (χ3v) is 3.00. The maximum absolute atomic E-state index is 9.59. The van der Waals surface area contributed by atoms with Crippen molar-refractivity contribution in [1.29, 1.82) is 0 Å². The highest BCUT2D eigenvalue weighted by Gasteiger charge is 2.07. The van der Waals surface area contributed by atoms with Crippen molar-refractivity contribution in [3.63, 3.8) is 0 Å². The number of hydrogen-bond donors (Lipinski definition) is 2. The van der Waals surface area contributed by atoms with E-state index >= 15 is 0 Å². The smallest absolute Gasteiger partial charge is 0.168 e. The zero-order valence-corrected chi connectivity index (χ0v) is 12.4. The molecule has 0 aliphatic carbocycles. The number of ether oxygens (including phenoxy) is 3. The molecule has 2 aromatic carbocycles. The van der Waals surface area contributed by atoms with E-state index in [1.54, 1.807) is 37.5 Å². The van der Waals surface area contributed by atoms with Crippen LogP contribution in [-0.4, -0.2) is 31.0 Å². The number of phenolic OH excluding ortho intramolecular Hbond substituents is 1. The maximum Gasteiger partial charge on any atom is 0.168 e. The van der Waals surface area contributed by atoms with Gasteiger partial charge in [0.25, 0.3) is 0 Å². The van der Waals surface area contributed by atoms with Gasteiger partial charge in [0, 0.05) is 0 Å². The number of benzene rings is 2. The highest BCUT2D eigenvalue weighted by Crippen LogP contribution is 2.30. The number of aliphatic hydroxyl groups is 1. The van der Waals surface area contributed by atoms with Crippen molar-refractivity contribution >= 4 is 6.08 Å². The summed E-state index contributed by atoms with van der Waals surface area (Å²) >= 11 is 0. The van der Waals surface area contributed by atoms with Crippen molar-refractivity contribution in [3.05, 3.63) is 53.8 Å². The molecule has 0 aromatic heterocycles. The molecule has 5 heteroatoms. The molecule has 0 saturated heterocycles. The molecule has 0 aliphatic rings. The Morgan fingerprint density at radius 3 is 2.32 bits per heavy atom. The summed E-state index contributed by atoms with van der Waals surface area (Å²) in [4.78, 5) is 0. The summed E-state index contributed by atoms with van der Waals surface area (Å²) in [5, 5.41) is 19.1. The van der Waals surface area contributed by atoms with Crippen LogP contribution in [0.1, 0.15) is 5.56 Å². The van der Waals surface area contributed by atoms with Crippen LogP contribution in [0.5, 0.6) is 23.0 Å². The van der Waals surface area contributed by atoms with Crippen molar-refractivity contribution in [2.75, 3.05) is 20.8 Å². The van der Waals surface area contributed by atoms with E-state index in [0.717, 1.165) is 5.56 Å². The Labute approximate surface area is 129 Å². The highest BCUT2D eigenvalue weighted by molar-refractivity contribution is 5.57. The lowest BCUT2D eigenvalue weighted by Crippen LogP contribution is -2.01. The second kappa shape index (κ2) is 7.38. The van der Waals surface area contributed by atoms with Crippen LogP contribution in [0.4, 0.5) is 0 Å². The van der Waals surface area contributed by atoms with Crippen LogP contribution in [0.25, 0.3) is 6.08 Å². The highest BCUT2D eigenvalue weighted by atomic mass is 16.5. The molecule has 2 N–H and O–H groups in total. The lowest BCUT2D eigenvalue weighted by molar-refractivity contribution is 0.260. The molecular formula is C17H18O5. The minimum absolute atomic E-state index is 0.0517. The molecule has 0 aliphatic heterocycles. The van der Waals surface area contributed by atoms with Crippen molar-refractivity contribution in [3.8, 4) is 23.0 Å². The van der Waals surface area contributed by atoms with Gasteiger partial charge >= 0.3 is 0 Å². The Bertz CT molecular complexity index is 664. The topological polar surface area (TPSA) is 68.2 Å². The molecule has 0 amide bonds. The van der Waals surface area contributed by atoms with E-state index in [1.807, 2.05) is 12.1 Å². The summed E-state index contributed by atoms with van der Waals surface area (Å²) in [5.41, 5.74) is 0.730. The number of methoxy groups -OCH3 is 2. The SMILES string of the molecule is COc1cc(/C=C(/CO)Oc2ccccc2OC)ccc1O. The molecule has 0 fully saturated rings. The number of para-hydroxylation sites is 2. The van der Waals surface area contributed by atoms with Crippen molar-refractivity contribution in [1.82, 2.24) is 0 Å². The number of aromatic hydroxyl groups is 1. The van der Waals surface area contributed by atoms with Crippen LogP contribution in [0.3, 0.4) is 0 Å². The molecule has 2 aromatic rings. The fourth-order valence-corrected chi connectivity index (χ4v) is 1.92. The van der Waals surface area contributed by atoms with E-state index in [9.17, 15) is 10.2 Å².